The number of nitrogens with zero attached hydrogens (tertiary/aromatic N) is 3. The van der Waals surface area contributed by atoms with Crippen LogP contribution in [0.15, 0.2) is 42.9 Å². The van der Waals surface area contributed by atoms with Crippen LogP contribution in [0.5, 0.6) is 11.8 Å². The molecule has 0 radical (unpaired) electrons. The number of carbonyl (C=O) groups is 1. The zero-order valence-corrected chi connectivity index (χ0v) is 14.5. The smallest absolute Gasteiger partial charge is 0.278 e. The number of hydrogen-bond acceptors (Lipinski definition) is 5. The molecule has 26 heavy (non-hydrogen) atoms. The summed E-state index contributed by atoms with van der Waals surface area (Å²) < 4.78 is 11.1. The molecule has 7 heteroatoms. The molecule has 0 bridgehead atoms. The second kappa shape index (κ2) is 7.03. The number of aromatic amines is 1. The van der Waals surface area contributed by atoms with Crippen molar-refractivity contribution in [1.29, 1.82) is 0 Å². The number of benzene rings is 1. The van der Waals surface area contributed by atoms with E-state index in [9.17, 15) is 4.79 Å². The first kappa shape index (κ1) is 16.4. The number of likely N-dealkylation sites (tertiary alicyclic amines) is 1. The van der Waals surface area contributed by atoms with Crippen LogP contribution in [-0.2, 0) is 0 Å². The number of methoxy groups -OCH3 is 1. The third kappa shape index (κ3) is 3.20. The molecular weight excluding hydrogens is 332 g/mol. The van der Waals surface area contributed by atoms with Crippen molar-refractivity contribution in [2.45, 2.75) is 18.9 Å². The Hall–Kier alpha value is -3.09. The molecule has 1 saturated heterocycles. The maximum Gasteiger partial charge on any atom is 0.278 e. The van der Waals surface area contributed by atoms with Crippen LogP contribution in [0, 0.1) is 0 Å². The second-order valence-corrected chi connectivity index (χ2v) is 6.28. The van der Waals surface area contributed by atoms with Crippen LogP contribution in [0.4, 0.5) is 0 Å². The van der Waals surface area contributed by atoms with Crippen molar-refractivity contribution in [3.63, 3.8) is 0 Å². The third-order valence-electron chi connectivity index (χ3n) is 4.57. The van der Waals surface area contributed by atoms with Crippen LogP contribution >= 0.6 is 0 Å². The summed E-state index contributed by atoms with van der Waals surface area (Å²) in [4.78, 5) is 26.2. The lowest BCUT2D eigenvalue weighted by Gasteiger charge is -2.32. The first-order chi connectivity index (χ1) is 12.7. The molecule has 4 rings (SSSR count). The standard InChI is InChI=1S/C19H20N4O3/c1-25-17-18(22-9-8-21-17)26-15-3-2-10-23(12-15)19(24)14-4-5-16-13(11-14)6-7-20-16/h4-9,11,15,20H,2-3,10,12H2,1H3. The molecule has 0 saturated carbocycles. The number of rotatable bonds is 4. The number of piperidine rings is 1. The molecule has 1 amide bonds. The summed E-state index contributed by atoms with van der Waals surface area (Å²) in [7, 11) is 1.53. The van der Waals surface area contributed by atoms with Crippen molar-refractivity contribution in [3.05, 3.63) is 48.4 Å². The molecule has 7 nitrogen and oxygen atoms in total. The fourth-order valence-electron chi connectivity index (χ4n) is 3.28. The van der Waals surface area contributed by atoms with Gasteiger partial charge in [-0.25, -0.2) is 9.97 Å². The van der Waals surface area contributed by atoms with Crippen molar-refractivity contribution in [2.24, 2.45) is 0 Å². The highest BCUT2D eigenvalue weighted by molar-refractivity contribution is 5.98. The molecule has 134 valence electrons. The minimum atomic E-state index is -0.130. The van der Waals surface area contributed by atoms with Gasteiger partial charge in [-0.2, -0.15) is 0 Å². The monoisotopic (exact) mass is 352 g/mol. The number of H-pyrrole nitrogens is 1. The number of amides is 1. The Labute approximate surface area is 151 Å². The Balaban J connectivity index is 1.48. The van der Waals surface area contributed by atoms with Gasteiger partial charge in [0.15, 0.2) is 0 Å². The Morgan fingerprint density at radius 3 is 2.92 bits per heavy atom. The summed E-state index contributed by atoms with van der Waals surface area (Å²) in [6.45, 7) is 1.24. The highest BCUT2D eigenvalue weighted by atomic mass is 16.5. The summed E-state index contributed by atoms with van der Waals surface area (Å²) in [6.07, 6.45) is 6.60. The predicted molar refractivity (Wildman–Crippen MR) is 96.4 cm³/mol. The van der Waals surface area contributed by atoms with E-state index in [1.54, 1.807) is 12.4 Å². The average Bonchev–Trinajstić information content (AvgIpc) is 3.16. The van der Waals surface area contributed by atoms with Crippen molar-refractivity contribution < 1.29 is 14.3 Å². The quantitative estimate of drug-likeness (QED) is 0.781. The number of carbonyl (C=O) groups excluding carboxylic acids is 1. The molecule has 1 aliphatic heterocycles. The maximum atomic E-state index is 12.9. The Morgan fingerprint density at radius 2 is 2.08 bits per heavy atom. The van der Waals surface area contributed by atoms with Gasteiger partial charge in [0.2, 0.25) is 0 Å². The normalized spacial score (nSPS) is 17.3. The lowest BCUT2D eigenvalue weighted by molar-refractivity contribution is 0.0519. The van der Waals surface area contributed by atoms with E-state index in [-0.39, 0.29) is 12.0 Å². The van der Waals surface area contributed by atoms with Gasteiger partial charge in [-0.05, 0) is 37.1 Å². The van der Waals surface area contributed by atoms with E-state index in [0.29, 0.717) is 23.9 Å². The summed E-state index contributed by atoms with van der Waals surface area (Å²) in [5.74, 6) is 0.740. The number of aromatic nitrogens is 3. The van der Waals surface area contributed by atoms with Crippen LogP contribution in [0.3, 0.4) is 0 Å². The molecule has 1 aromatic carbocycles. The fraction of sp³-hybridized carbons (Fsp3) is 0.316. The molecule has 0 aliphatic carbocycles. The molecule has 1 atom stereocenters. The first-order valence-electron chi connectivity index (χ1n) is 8.62. The summed E-state index contributed by atoms with van der Waals surface area (Å²) >= 11 is 0. The zero-order chi connectivity index (χ0) is 17.9. The summed E-state index contributed by atoms with van der Waals surface area (Å²) in [5.41, 5.74) is 1.71. The summed E-state index contributed by atoms with van der Waals surface area (Å²) in [5, 5.41) is 1.03. The van der Waals surface area contributed by atoms with Gasteiger partial charge in [-0.15, -0.1) is 0 Å². The van der Waals surface area contributed by atoms with E-state index >= 15 is 0 Å². The van der Waals surface area contributed by atoms with Gasteiger partial charge in [0.05, 0.1) is 13.7 Å². The third-order valence-corrected chi connectivity index (χ3v) is 4.57. The molecule has 1 aliphatic rings. The second-order valence-electron chi connectivity index (χ2n) is 6.28. The number of nitrogens with one attached hydrogen (secondary N) is 1. The van der Waals surface area contributed by atoms with Gasteiger partial charge in [-0.3, -0.25) is 4.79 Å². The predicted octanol–water partition coefficient (Wildman–Crippen LogP) is 2.65. The van der Waals surface area contributed by atoms with E-state index in [0.717, 1.165) is 30.3 Å². The highest BCUT2D eigenvalue weighted by Gasteiger charge is 2.27. The Morgan fingerprint density at radius 1 is 1.23 bits per heavy atom. The SMILES string of the molecule is COc1nccnc1OC1CCCN(C(=O)c2ccc3[nH]ccc3c2)C1. The molecular formula is C19H20N4O3. The lowest BCUT2D eigenvalue weighted by Crippen LogP contribution is -2.44. The number of ether oxygens (including phenoxy) is 2. The van der Waals surface area contributed by atoms with Gasteiger partial charge in [0.25, 0.3) is 17.7 Å². The minimum Gasteiger partial charge on any atom is -0.477 e. The van der Waals surface area contributed by atoms with Crippen molar-refractivity contribution in [1.82, 2.24) is 19.9 Å². The van der Waals surface area contributed by atoms with Gasteiger partial charge in [-0.1, -0.05) is 0 Å². The Kier molecular flexibility index (Phi) is 4.43. The molecule has 0 spiro atoms. The highest BCUT2D eigenvalue weighted by Crippen LogP contribution is 2.25. The van der Waals surface area contributed by atoms with Crippen LogP contribution in [-0.4, -0.2) is 52.1 Å². The topological polar surface area (TPSA) is 80.3 Å². The van der Waals surface area contributed by atoms with Crippen LogP contribution < -0.4 is 9.47 Å². The number of hydrogen-bond donors (Lipinski definition) is 1. The van der Waals surface area contributed by atoms with E-state index in [1.807, 2.05) is 35.4 Å². The molecule has 1 fully saturated rings. The van der Waals surface area contributed by atoms with Gasteiger partial charge in [0, 0.05) is 41.6 Å². The first-order valence-corrected chi connectivity index (χ1v) is 8.62. The van der Waals surface area contributed by atoms with Crippen LogP contribution in [0.25, 0.3) is 10.9 Å². The van der Waals surface area contributed by atoms with Crippen molar-refractivity contribution in [2.75, 3.05) is 20.2 Å². The molecule has 3 heterocycles. The van der Waals surface area contributed by atoms with Crippen LogP contribution in [0.2, 0.25) is 0 Å². The fourth-order valence-corrected chi connectivity index (χ4v) is 3.28. The molecule has 2 aromatic heterocycles. The molecule has 1 unspecified atom stereocenters. The van der Waals surface area contributed by atoms with Gasteiger partial charge < -0.3 is 19.4 Å². The number of fused-ring (bicyclic) bond motifs is 1. The largest absolute Gasteiger partial charge is 0.477 e. The zero-order valence-electron chi connectivity index (χ0n) is 14.5. The van der Waals surface area contributed by atoms with Crippen LogP contribution in [0.1, 0.15) is 23.2 Å². The van der Waals surface area contributed by atoms with Crippen molar-refractivity contribution in [3.8, 4) is 11.8 Å². The van der Waals surface area contributed by atoms with E-state index in [4.69, 9.17) is 9.47 Å². The van der Waals surface area contributed by atoms with Crippen molar-refractivity contribution >= 4 is 16.8 Å². The van der Waals surface area contributed by atoms with Gasteiger partial charge in [0.1, 0.15) is 6.10 Å². The molecule has 1 N–H and O–H groups in total. The van der Waals surface area contributed by atoms with E-state index < -0.39 is 0 Å². The average molecular weight is 352 g/mol. The summed E-state index contributed by atoms with van der Waals surface area (Å²) in [6, 6.07) is 7.68. The lowest BCUT2D eigenvalue weighted by atomic mass is 10.1. The molecule has 3 aromatic rings. The Bertz CT molecular complexity index is 924. The maximum absolute atomic E-state index is 12.9. The minimum absolute atomic E-state index is 0.0208. The van der Waals surface area contributed by atoms with E-state index in [2.05, 4.69) is 15.0 Å². The van der Waals surface area contributed by atoms with E-state index in [1.165, 1.54) is 7.11 Å². The van der Waals surface area contributed by atoms with Gasteiger partial charge >= 0.3 is 0 Å².